The topological polar surface area (TPSA) is 42.4 Å². The first-order valence-corrected chi connectivity index (χ1v) is 7.55. The highest BCUT2D eigenvalue weighted by atomic mass is 32.2. The van der Waals surface area contributed by atoms with Gasteiger partial charge in [0.1, 0.15) is 12.4 Å². The van der Waals surface area contributed by atoms with Gasteiger partial charge in [0.25, 0.3) is 0 Å². The Kier molecular flexibility index (Phi) is 5.44. The predicted molar refractivity (Wildman–Crippen MR) is 82.4 cm³/mol. The number of aliphatic hydroxyl groups is 1. The number of aliphatic hydroxyl groups excluding tert-OH is 1. The molecule has 0 spiro atoms. The zero-order chi connectivity index (χ0) is 14.4. The van der Waals surface area contributed by atoms with Gasteiger partial charge in [-0.05, 0) is 37.6 Å². The van der Waals surface area contributed by atoms with E-state index in [1.54, 1.807) is 6.20 Å². The Morgan fingerprint density at radius 2 is 2.10 bits per heavy atom. The van der Waals surface area contributed by atoms with Crippen LogP contribution in [0.15, 0.2) is 47.6 Å². The van der Waals surface area contributed by atoms with Crippen LogP contribution >= 0.6 is 11.8 Å². The maximum absolute atomic E-state index is 9.94. The Morgan fingerprint density at radius 3 is 2.80 bits per heavy atom. The predicted octanol–water partition coefficient (Wildman–Crippen LogP) is 3.23. The number of nitrogens with zero attached hydrogens (tertiary/aromatic N) is 1. The van der Waals surface area contributed by atoms with Crippen LogP contribution in [0.1, 0.15) is 11.1 Å². The van der Waals surface area contributed by atoms with Crippen LogP contribution in [0.2, 0.25) is 0 Å². The summed E-state index contributed by atoms with van der Waals surface area (Å²) in [5, 5.41) is 10.9. The molecule has 0 saturated heterocycles. The van der Waals surface area contributed by atoms with E-state index in [-0.39, 0.29) is 0 Å². The van der Waals surface area contributed by atoms with Gasteiger partial charge in [-0.2, -0.15) is 0 Å². The van der Waals surface area contributed by atoms with E-state index in [0.717, 1.165) is 16.3 Å². The SMILES string of the molecule is Cc1ccc(OC[C@@H](O)CSc2ccccn2)c(C)c1. The minimum absolute atomic E-state index is 0.295. The van der Waals surface area contributed by atoms with E-state index in [9.17, 15) is 5.11 Å². The van der Waals surface area contributed by atoms with Crippen LogP contribution in [0.25, 0.3) is 0 Å². The molecule has 1 aromatic carbocycles. The molecule has 1 heterocycles. The second-order valence-electron chi connectivity index (χ2n) is 4.71. The third-order valence-electron chi connectivity index (χ3n) is 2.82. The van der Waals surface area contributed by atoms with Gasteiger partial charge in [-0.1, -0.05) is 23.8 Å². The van der Waals surface area contributed by atoms with Gasteiger partial charge in [-0.3, -0.25) is 0 Å². The van der Waals surface area contributed by atoms with Crippen LogP contribution in [0.5, 0.6) is 5.75 Å². The van der Waals surface area contributed by atoms with E-state index in [2.05, 4.69) is 18.0 Å². The van der Waals surface area contributed by atoms with Crippen molar-refractivity contribution in [2.45, 2.75) is 25.0 Å². The molecule has 106 valence electrons. The molecule has 0 bridgehead atoms. The lowest BCUT2D eigenvalue weighted by Gasteiger charge is -2.13. The van der Waals surface area contributed by atoms with Gasteiger partial charge >= 0.3 is 0 Å². The lowest BCUT2D eigenvalue weighted by Crippen LogP contribution is -2.20. The van der Waals surface area contributed by atoms with Crippen molar-refractivity contribution < 1.29 is 9.84 Å². The Morgan fingerprint density at radius 1 is 1.25 bits per heavy atom. The molecular formula is C16H19NO2S. The summed E-state index contributed by atoms with van der Waals surface area (Å²) in [6.07, 6.45) is 1.24. The highest BCUT2D eigenvalue weighted by molar-refractivity contribution is 7.99. The van der Waals surface area contributed by atoms with Crippen molar-refractivity contribution in [2.75, 3.05) is 12.4 Å². The van der Waals surface area contributed by atoms with E-state index in [0.29, 0.717) is 12.4 Å². The van der Waals surface area contributed by atoms with Gasteiger partial charge in [0.05, 0.1) is 11.1 Å². The average Bonchev–Trinajstić information content (AvgIpc) is 2.45. The molecule has 0 aliphatic carbocycles. The maximum Gasteiger partial charge on any atom is 0.122 e. The molecule has 3 nitrogen and oxygen atoms in total. The summed E-state index contributed by atoms with van der Waals surface area (Å²) in [5.74, 6) is 1.40. The molecule has 0 unspecified atom stereocenters. The molecule has 1 aromatic heterocycles. The summed E-state index contributed by atoms with van der Waals surface area (Å²) < 4.78 is 5.66. The summed E-state index contributed by atoms with van der Waals surface area (Å²) in [5.41, 5.74) is 2.30. The number of rotatable bonds is 6. The fourth-order valence-electron chi connectivity index (χ4n) is 1.81. The second-order valence-corrected chi connectivity index (χ2v) is 5.75. The van der Waals surface area contributed by atoms with Crippen LogP contribution in [0.4, 0.5) is 0 Å². The fourth-order valence-corrected chi connectivity index (χ4v) is 2.58. The molecule has 1 atom stereocenters. The summed E-state index contributed by atoms with van der Waals surface area (Å²) in [4.78, 5) is 4.20. The molecule has 4 heteroatoms. The zero-order valence-corrected chi connectivity index (χ0v) is 12.6. The Labute approximate surface area is 124 Å². The number of benzene rings is 1. The number of hydrogen-bond acceptors (Lipinski definition) is 4. The normalized spacial score (nSPS) is 12.2. The van der Waals surface area contributed by atoms with Crippen molar-refractivity contribution in [3.8, 4) is 5.75 Å². The van der Waals surface area contributed by atoms with Crippen LogP contribution in [0, 0.1) is 13.8 Å². The lowest BCUT2D eigenvalue weighted by molar-refractivity contribution is 0.126. The standard InChI is InChI=1S/C16H19NO2S/c1-12-6-7-15(13(2)9-12)19-10-14(18)11-20-16-5-3-4-8-17-16/h3-9,14,18H,10-11H2,1-2H3/t14-/m1/s1. The van der Waals surface area contributed by atoms with E-state index >= 15 is 0 Å². The quantitative estimate of drug-likeness (QED) is 0.829. The summed E-state index contributed by atoms with van der Waals surface area (Å²) in [6.45, 7) is 4.36. The van der Waals surface area contributed by atoms with Crippen LogP contribution < -0.4 is 4.74 Å². The minimum Gasteiger partial charge on any atom is -0.491 e. The van der Waals surface area contributed by atoms with Gasteiger partial charge in [-0.25, -0.2) is 4.98 Å². The highest BCUT2D eigenvalue weighted by Gasteiger charge is 2.08. The van der Waals surface area contributed by atoms with Gasteiger partial charge in [0.15, 0.2) is 0 Å². The second kappa shape index (κ2) is 7.31. The zero-order valence-electron chi connectivity index (χ0n) is 11.7. The van der Waals surface area contributed by atoms with Crippen molar-refractivity contribution in [1.82, 2.24) is 4.98 Å². The molecule has 0 amide bonds. The summed E-state index contributed by atoms with van der Waals surface area (Å²) >= 11 is 1.53. The van der Waals surface area contributed by atoms with Gasteiger partial charge in [0.2, 0.25) is 0 Å². The first-order chi connectivity index (χ1) is 9.65. The molecule has 0 aliphatic rings. The van der Waals surface area contributed by atoms with E-state index in [1.807, 2.05) is 37.3 Å². The first kappa shape index (κ1) is 14.9. The first-order valence-electron chi connectivity index (χ1n) is 6.57. The molecule has 1 N–H and O–H groups in total. The number of hydrogen-bond donors (Lipinski definition) is 1. The number of pyridine rings is 1. The third-order valence-corrected chi connectivity index (χ3v) is 3.91. The van der Waals surface area contributed by atoms with Crippen molar-refractivity contribution in [3.05, 3.63) is 53.7 Å². The van der Waals surface area contributed by atoms with Crippen LogP contribution in [0.3, 0.4) is 0 Å². The van der Waals surface area contributed by atoms with Crippen molar-refractivity contribution in [2.24, 2.45) is 0 Å². The Bertz CT molecular complexity index is 545. The van der Waals surface area contributed by atoms with Crippen molar-refractivity contribution in [3.63, 3.8) is 0 Å². The van der Waals surface area contributed by atoms with E-state index < -0.39 is 6.10 Å². The Balaban J connectivity index is 1.79. The highest BCUT2D eigenvalue weighted by Crippen LogP contribution is 2.20. The molecule has 0 radical (unpaired) electrons. The number of thioether (sulfide) groups is 1. The van der Waals surface area contributed by atoms with E-state index in [1.165, 1.54) is 17.3 Å². The van der Waals surface area contributed by atoms with Crippen molar-refractivity contribution in [1.29, 1.82) is 0 Å². The van der Waals surface area contributed by atoms with Crippen molar-refractivity contribution >= 4 is 11.8 Å². The summed E-state index contributed by atoms with van der Waals surface area (Å²) in [7, 11) is 0. The molecule has 0 aliphatic heterocycles. The molecule has 0 saturated carbocycles. The van der Waals surface area contributed by atoms with Gasteiger partial charge < -0.3 is 9.84 Å². The Hall–Kier alpha value is -1.52. The van der Waals surface area contributed by atoms with Crippen LogP contribution in [-0.4, -0.2) is 28.6 Å². The number of aryl methyl sites for hydroxylation is 2. The maximum atomic E-state index is 9.94. The lowest BCUT2D eigenvalue weighted by atomic mass is 10.1. The fraction of sp³-hybridized carbons (Fsp3) is 0.312. The smallest absolute Gasteiger partial charge is 0.122 e. The van der Waals surface area contributed by atoms with Gasteiger partial charge in [0, 0.05) is 11.9 Å². The number of ether oxygens (including phenoxy) is 1. The van der Waals surface area contributed by atoms with Gasteiger partial charge in [-0.15, -0.1) is 11.8 Å². The minimum atomic E-state index is -0.511. The molecule has 20 heavy (non-hydrogen) atoms. The summed E-state index contributed by atoms with van der Waals surface area (Å²) in [6, 6.07) is 11.8. The third kappa shape index (κ3) is 4.54. The molecule has 2 aromatic rings. The monoisotopic (exact) mass is 289 g/mol. The largest absolute Gasteiger partial charge is 0.491 e. The molecule has 2 rings (SSSR count). The molecule has 0 fully saturated rings. The average molecular weight is 289 g/mol. The molecular weight excluding hydrogens is 270 g/mol. The van der Waals surface area contributed by atoms with Crippen LogP contribution in [-0.2, 0) is 0 Å². The van der Waals surface area contributed by atoms with E-state index in [4.69, 9.17) is 4.74 Å². The number of aromatic nitrogens is 1.